The summed E-state index contributed by atoms with van der Waals surface area (Å²) in [7, 11) is 0. The summed E-state index contributed by atoms with van der Waals surface area (Å²) in [4.78, 5) is 18.5. The minimum Gasteiger partial charge on any atom is -0.476 e. The SMILES string of the molecule is CC1(C)CCC(Oc2cncc(C(=O)O)n2)CC1. The highest BCUT2D eigenvalue weighted by molar-refractivity contribution is 5.84. The molecular formula is C13H18N2O3. The number of aromatic carboxylic acids is 1. The average Bonchev–Trinajstić information content (AvgIpc) is 2.32. The van der Waals surface area contributed by atoms with Crippen molar-refractivity contribution in [2.24, 2.45) is 5.41 Å². The molecule has 1 heterocycles. The van der Waals surface area contributed by atoms with Crippen LogP contribution in [0.3, 0.4) is 0 Å². The van der Waals surface area contributed by atoms with Crippen molar-refractivity contribution in [3.05, 3.63) is 18.1 Å². The molecule has 0 spiro atoms. The van der Waals surface area contributed by atoms with E-state index in [-0.39, 0.29) is 11.8 Å². The molecule has 0 aromatic carbocycles. The molecule has 1 aliphatic carbocycles. The van der Waals surface area contributed by atoms with Crippen molar-refractivity contribution in [3.8, 4) is 5.88 Å². The van der Waals surface area contributed by atoms with Gasteiger partial charge in [0.15, 0.2) is 5.69 Å². The van der Waals surface area contributed by atoms with Gasteiger partial charge in [-0.05, 0) is 31.1 Å². The van der Waals surface area contributed by atoms with Gasteiger partial charge in [0.2, 0.25) is 5.88 Å². The van der Waals surface area contributed by atoms with Crippen LogP contribution in [-0.2, 0) is 0 Å². The number of rotatable bonds is 3. The van der Waals surface area contributed by atoms with E-state index >= 15 is 0 Å². The van der Waals surface area contributed by atoms with Crippen molar-refractivity contribution < 1.29 is 14.6 Å². The molecule has 5 nitrogen and oxygen atoms in total. The molecule has 2 rings (SSSR count). The second-order valence-corrected chi connectivity index (χ2v) is 5.53. The zero-order chi connectivity index (χ0) is 13.2. The van der Waals surface area contributed by atoms with Crippen LogP contribution in [0.1, 0.15) is 50.0 Å². The van der Waals surface area contributed by atoms with Gasteiger partial charge in [-0.15, -0.1) is 0 Å². The summed E-state index contributed by atoms with van der Waals surface area (Å²) in [6.45, 7) is 4.52. The summed E-state index contributed by atoms with van der Waals surface area (Å²) in [5, 5.41) is 8.83. The Balaban J connectivity index is 1.98. The summed E-state index contributed by atoms with van der Waals surface area (Å²) in [6, 6.07) is 0. The van der Waals surface area contributed by atoms with E-state index in [1.807, 2.05) is 0 Å². The van der Waals surface area contributed by atoms with Crippen LogP contribution in [0, 0.1) is 5.41 Å². The van der Waals surface area contributed by atoms with Crippen molar-refractivity contribution in [1.82, 2.24) is 9.97 Å². The van der Waals surface area contributed by atoms with Crippen LogP contribution in [0.25, 0.3) is 0 Å². The second kappa shape index (κ2) is 4.92. The average molecular weight is 250 g/mol. The molecule has 1 saturated carbocycles. The molecule has 0 unspecified atom stereocenters. The van der Waals surface area contributed by atoms with E-state index in [9.17, 15) is 4.79 Å². The summed E-state index contributed by atoms with van der Waals surface area (Å²) in [5.74, 6) is -0.780. The number of ether oxygens (including phenoxy) is 1. The Bertz CT molecular complexity index is 436. The lowest BCUT2D eigenvalue weighted by Gasteiger charge is -2.33. The second-order valence-electron chi connectivity index (χ2n) is 5.53. The highest BCUT2D eigenvalue weighted by atomic mass is 16.5. The first-order valence-corrected chi connectivity index (χ1v) is 6.18. The van der Waals surface area contributed by atoms with Gasteiger partial charge in [0.1, 0.15) is 6.10 Å². The Morgan fingerprint density at radius 3 is 2.67 bits per heavy atom. The van der Waals surface area contributed by atoms with E-state index in [0.717, 1.165) is 25.7 Å². The first kappa shape index (κ1) is 12.8. The number of carboxylic acid groups (broad SMARTS) is 1. The third kappa shape index (κ3) is 3.18. The Kier molecular flexibility index (Phi) is 3.50. The van der Waals surface area contributed by atoms with Crippen molar-refractivity contribution in [2.75, 3.05) is 0 Å². The molecular weight excluding hydrogens is 232 g/mol. The van der Waals surface area contributed by atoms with Gasteiger partial charge >= 0.3 is 5.97 Å². The number of hydrogen-bond donors (Lipinski definition) is 1. The molecule has 1 fully saturated rings. The molecule has 0 saturated heterocycles. The molecule has 1 N–H and O–H groups in total. The van der Waals surface area contributed by atoms with Gasteiger partial charge in [0, 0.05) is 0 Å². The predicted molar refractivity (Wildman–Crippen MR) is 65.7 cm³/mol. The van der Waals surface area contributed by atoms with E-state index in [4.69, 9.17) is 9.84 Å². The normalized spacial score (nSPS) is 19.4. The molecule has 0 bridgehead atoms. The fourth-order valence-electron chi connectivity index (χ4n) is 2.17. The van der Waals surface area contributed by atoms with Crippen LogP contribution in [0.4, 0.5) is 0 Å². The molecule has 1 aliphatic rings. The quantitative estimate of drug-likeness (QED) is 0.892. The Morgan fingerprint density at radius 2 is 2.06 bits per heavy atom. The monoisotopic (exact) mass is 250 g/mol. The van der Waals surface area contributed by atoms with Gasteiger partial charge < -0.3 is 9.84 Å². The fourth-order valence-corrected chi connectivity index (χ4v) is 2.17. The zero-order valence-electron chi connectivity index (χ0n) is 10.7. The van der Waals surface area contributed by atoms with Crippen molar-refractivity contribution in [1.29, 1.82) is 0 Å². The van der Waals surface area contributed by atoms with Gasteiger partial charge in [-0.25, -0.2) is 9.78 Å². The maximum Gasteiger partial charge on any atom is 0.356 e. The third-order valence-electron chi connectivity index (χ3n) is 3.41. The fraction of sp³-hybridized carbons (Fsp3) is 0.615. The minimum atomic E-state index is -1.09. The van der Waals surface area contributed by atoms with Gasteiger partial charge in [-0.3, -0.25) is 4.98 Å². The number of hydrogen-bond acceptors (Lipinski definition) is 4. The number of nitrogens with zero attached hydrogens (tertiary/aromatic N) is 2. The van der Waals surface area contributed by atoms with Crippen LogP contribution < -0.4 is 4.74 Å². The lowest BCUT2D eigenvalue weighted by molar-refractivity contribution is 0.0683. The van der Waals surface area contributed by atoms with Crippen molar-refractivity contribution in [2.45, 2.75) is 45.6 Å². The van der Waals surface area contributed by atoms with E-state index in [1.165, 1.54) is 12.4 Å². The van der Waals surface area contributed by atoms with E-state index in [2.05, 4.69) is 23.8 Å². The molecule has 0 atom stereocenters. The van der Waals surface area contributed by atoms with Crippen molar-refractivity contribution in [3.63, 3.8) is 0 Å². The van der Waals surface area contributed by atoms with E-state index in [1.54, 1.807) is 0 Å². The highest BCUT2D eigenvalue weighted by Gasteiger charge is 2.28. The first-order valence-electron chi connectivity index (χ1n) is 6.18. The predicted octanol–water partition coefficient (Wildman–Crippen LogP) is 2.52. The first-order chi connectivity index (χ1) is 8.46. The van der Waals surface area contributed by atoms with E-state index < -0.39 is 5.97 Å². The van der Waals surface area contributed by atoms with Crippen LogP contribution in [0.15, 0.2) is 12.4 Å². The van der Waals surface area contributed by atoms with Crippen LogP contribution in [0.2, 0.25) is 0 Å². The molecule has 98 valence electrons. The van der Waals surface area contributed by atoms with Crippen molar-refractivity contribution >= 4 is 5.97 Å². The molecule has 0 radical (unpaired) electrons. The maximum absolute atomic E-state index is 10.8. The molecule has 5 heteroatoms. The number of carboxylic acids is 1. The molecule has 0 aliphatic heterocycles. The Labute approximate surface area is 106 Å². The largest absolute Gasteiger partial charge is 0.476 e. The smallest absolute Gasteiger partial charge is 0.356 e. The lowest BCUT2D eigenvalue weighted by atomic mass is 9.76. The van der Waals surface area contributed by atoms with E-state index in [0.29, 0.717) is 11.3 Å². The molecule has 18 heavy (non-hydrogen) atoms. The van der Waals surface area contributed by atoms with Crippen LogP contribution in [0.5, 0.6) is 5.88 Å². The topological polar surface area (TPSA) is 72.3 Å². The van der Waals surface area contributed by atoms with Crippen LogP contribution in [-0.4, -0.2) is 27.1 Å². The summed E-state index contributed by atoms with van der Waals surface area (Å²) in [6.07, 6.45) is 6.99. The van der Waals surface area contributed by atoms with Gasteiger partial charge in [0.25, 0.3) is 0 Å². The maximum atomic E-state index is 10.8. The van der Waals surface area contributed by atoms with Gasteiger partial charge in [-0.2, -0.15) is 0 Å². The number of aromatic nitrogens is 2. The standard InChI is InChI=1S/C13H18N2O3/c1-13(2)5-3-9(4-6-13)18-11-8-14-7-10(15-11)12(16)17/h7-9H,3-6H2,1-2H3,(H,16,17). The summed E-state index contributed by atoms with van der Waals surface area (Å²) < 4.78 is 5.70. The van der Waals surface area contributed by atoms with Gasteiger partial charge in [0.05, 0.1) is 12.4 Å². The molecule has 0 amide bonds. The minimum absolute atomic E-state index is 0.0800. The molecule has 1 aromatic rings. The third-order valence-corrected chi connectivity index (χ3v) is 3.41. The summed E-state index contributed by atoms with van der Waals surface area (Å²) in [5.41, 5.74) is 0.303. The summed E-state index contributed by atoms with van der Waals surface area (Å²) >= 11 is 0. The molecule has 1 aromatic heterocycles. The number of carbonyl (C=O) groups is 1. The highest BCUT2D eigenvalue weighted by Crippen LogP contribution is 2.36. The Morgan fingerprint density at radius 1 is 1.39 bits per heavy atom. The van der Waals surface area contributed by atoms with Gasteiger partial charge in [-0.1, -0.05) is 13.8 Å². The lowest BCUT2D eigenvalue weighted by Crippen LogP contribution is -2.28. The van der Waals surface area contributed by atoms with Crippen LogP contribution >= 0.6 is 0 Å². The zero-order valence-corrected chi connectivity index (χ0v) is 10.7. The Hall–Kier alpha value is -1.65.